The van der Waals surface area contributed by atoms with Crippen LogP contribution in [0.15, 0.2) is 12.4 Å². The zero-order valence-corrected chi connectivity index (χ0v) is 17.6. The monoisotopic (exact) mass is 409 g/mol. The molecule has 0 aliphatic rings. The highest BCUT2D eigenvalue weighted by Crippen LogP contribution is 2.34. The van der Waals surface area contributed by atoms with Crippen LogP contribution < -0.4 is 10.6 Å². The standard InChI is InChI=1S/C17H23N5O3S2/c1-6-22-9-11(8-19-22)7-18-17(26)20-14-12(16(24)25-5)10(2)13(27-14)15(23)21(3)4/h8-9H,6-7H2,1-5H3,(H2,18,20,26). The van der Waals surface area contributed by atoms with Gasteiger partial charge in [-0.3, -0.25) is 9.48 Å². The van der Waals surface area contributed by atoms with E-state index in [0.29, 0.717) is 32.7 Å². The average Bonchev–Trinajstić information content (AvgIpc) is 3.23. The molecule has 0 saturated carbocycles. The van der Waals surface area contributed by atoms with Crippen LogP contribution in [0.1, 0.15) is 38.1 Å². The third-order valence-electron chi connectivity index (χ3n) is 3.83. The van der Waals surface area contributed by atoms with Crippen molar-refractivity contribution in [2.45, 2.75) is 26.9 Å². The number of anilines is 1. The Morgan fingerprint density at radius 1 is 1.41 bits per heavy atom. The number of carbonyl (C=O) groups is 2. The summed E-state index contributed by atoms with van der Waals surface area (Å²) in [6.45, 7) is 5.02. The van der Waals surface area contributed by atoms with E-state index in [0.717, 1.165) is 12.1 Å². The van der Waals surface area contributed by atoms with E-state index in [9.17, 15) is 9.59 Å². The molecule has 27 heavy (non-hydrogen) atoms. The average molecular weight is 410 g/mol. The Hall–Kier alpha value is -2.46. The fraction of sp³-hybridized carbons (Fsp3) is 0.412. The van der Waals surface area contributed by atoms with Crippen LogP contribution in [0.2, 0.25) is 0 Å². The van der Waals surface area contributed by atoms with Gasteiger partial charge in [-0.15, -0.1) is 11.3 Å². The number of rotatable bonds is 6. The van der Waals surface area contributed by atoms with Gasteiger partial charge >= 0.3 is 5.97 Å². The summed E-state index contributed by atoms with van der Waals surface area (Å²) in [6, 6.07) is 0. The number of ether oxygens (including phenoxy) is 1. The lowest BCUT2D eigenvalue weighted by Gasteiger charge is -2.10. The van der Waals surface area contributed by atoms with Gasteiger partial charge in [-0.1, -0.05) is 0 Å². The lowest BCUT2D eigenvalue weighted by atomic mass is 10.1. The highest BCUT2D eigenvalue weighted by molar-refractivity contribution is 7.80. The van der Waals surface area contributed by atoms with E-state index in [1.165, 1.54) is 23.3 Å². The maximum atomic E-state index is 12.4. The molecule has 0 aromatic carbocycles. The number of methoxy groups -OCH3 is 1. The number of amides is 1. The molecule has 0 atom stereocenters. The van der Waals surface area contributed by atoms with Crippen molar-refractivity contribution in [3.63, 3.8) is 0 Å². The highest BCUT2D eigenvalue weighted by Gasteiger charge is 2.26. The van der Waals surface area contributed by atoms with Crippen molar-refractivity contribution in [2.24, 2.45) is 0 Å². The first-order chi connectivity index (χ1) is 12.8. The van der Waals surface area contributed by atoms with Crippen LogP contribution in [0, 0.1) is 6.92 Å². The maximum absolute atomic E-state index is 12.4. The number of aryl methyl sites for hydroxylation is 1. The molecule has 0 unspecified atom stereocenters. The van der Waals surface area contributed by atoms with Gasteiger partial charge in [-0.05, 0) is 31.6 Å². The summed E-state index contributed by atoms with van der Waals surface area (Å²) in [5, 5.41) is 11.1. The van der Waals surface area contributed by atoms with Crippen LogP contribution in [0.25, 0.3) is 0 Å². The number of thiophene rings is 1. The Bertz CT molecular complexity index is 857. The van der Waals surface area contributed by atoms with Gasteiger partial charge in [0.05, 0.1) is 23.7 Å². The first kappa shape index (κ1) is 20.8. The van der Waals surface area contributed by atoms with E-state index < -0.39 is 5.97 Å². The minimum Gasteiger partial charge on any atom is -0.465 e. The minimum atomic E-state index is -0.518. The Balaban J connectivity index is 2.18. The molecule has 8 nitrogen and oxygen atoms in total. The van der Waals surface area contributed by atoms with Crippen molar-refractivity contribution in [3.05, 3.63) is 34.0 Å². The van der Waals surface area contributed by atoms with Crippen LogP contribution >= 0.6 is 23.6 Å². The lowest BCUT2D eigenvalue weighted by Crippen LogP contribution is -2.28. The first-order valence-corrected chi connectivity index (χ1v) is 9.50. The molecule has 0 spiro atoms. The zero-order valence-electron chi connectivity index (χ0n) is 16.0. The van der Waals surface area contributed by atoms with Gasteiger partial charge in [0.25, 0.3) is 5.91 Å². The Kier molecular flexibility index (Phi) is 6.92. The van der Waals surface area contributed by atoms with E-state index in [-0.39, 0.29) is 5.91 Å². The summed E-state index contributed by atoms with van der Waals surface area (Å²) in [5.74, 6) is -0.697. The predicted octanol–water partition coefficient (Wildman–Crippen LogP) is 2.25. The normalized spacial score (nSPS) is 10.4. The van der Waals surface area contributed by atoms with Crippen molar-refractivity contribution in [1.82, 2.24) is 20.0 Å². The number of thiocarbonyl (C=S) groups is 1. The van der Waals surface area contributed by atoms with E-state index in [2.05, 4.69) is 15.7 Å². The Morgan fingerprint density at radius 2 is 2.11 bits per heavy atom. The second-order valence-electron chi connectivity index (χ2n) is 5.96. The molecule has 0 bridgehead atoms. The van der Waals surface area contributed by atoms with E-state index in [1.807, 2.05) is 17.8 Å². The van der Waals surface area contributed by atoms with Crippen LogP contribution in [0.4, 0.5) is 5.00 Å². The van der Waals surface area contributed by atoms with Crippen molar-refractivity contribution >= 4 is 45.5 Å². The number of nitrogens with zero attached hydrogens (tertiary/aromatic N) is 3. The maximum Gasteiger partial charge on any atom is 0.341 e. The van der Waals surface area contributed by atoms with Gasteiger partial charge in [-0.2, -0.15) is 5.10 Å². The molecule has 2 heterocycles. The number of hydrogen-bond donors (Lipinski definition) is 2. The van der Waals surface area contributed by atoms with Crippen molar-refractivity contribution in [2.75, 3.05) is 26.5 Å². The smallest absolute Gasteiger partial charge is 0.341 e. The number of esters is 1. The SMILES string of the molecule is CCn1cc(CNC(=S)Nc2sc(C(=O)N(C)C)c(C)c2C(=O)OC)cn1. The summed E-state index contributed by atoms with van der Waals surface area (Å²) in [6.07, 6.45) is 3.70. The van der Waals surface area contributed by atoms with Gasteiger partial charge in [0.15, 0.2) is 5.11 Å². The second-order valence-corrected chi connectivity index (χ2v) is 7.39. The molecular weight excluding hydrogens is 386 g/mol. The van der Waals surface area contributed by atoms with Crippen molar-refractivity contribution in [3.8, 4) is 0 Å². The van der Waals surface area contributed by atoms with E-state index in [4.69, 9.17) is 17.0 Å². The topological polar surface area (TPSA) is 88.5 Å². The quantitative estimate of drug-likeness (QED) is 0.559. The fourth-order valence-corrected chi connectivity index (χ4v) is 3.82. The molecular formula is C17H23N5O3S2. The summed E-state index contributed by atoms with van der Waals surface area (Å²) in [7, 11) is 4.63. The lowest BCUT2D eigenvalue weighted by molar-refractivity contribution is 0.0601. The molecule has 2 aromatic rings. The summed E-state index contributed by atoms with van der Waals surface area (Å²) >= 11 is 6.51. The molecule has 2 rings (SSSR count). The minimum absolute atomic E-state index is 0.179. The molecule has 0 aliphatic heterocycles. The largest absolute Gasteiger partial charge is 0.465 e. The van der Waals surface area contributed by atoms with E-state index in [1.54, 1.807) is 27.2 Å². The second kappa shape index (κ2) is 8.96. The molecule has 0 saturated heterocycles. The number of carbonyl (C=O) groups excluding carboxylic acids is 2. The van der Waals surface area contributed by atoms with Crippen LogP contribution in [0.3, 0.4) is 0 Å². The van der Waals surface area contributed by atoms with Crippen LogP contribution in [-0.2, 0) is 17.8 Å². The molecule has 1 amide bonds. The van der Waals surface area contributed by atoms with Gasteiger partial charge in [0.2, 0.25) is 0 Å². The third kappa shape index (κ3) is 4.83. The number of aromatic nitrogens is 2. The third-order valence-corrected chi connectivity index (χ3v) is 5.27. The van der Waals surface area contributed by atoms with Gasteiger partial charge < -0.3 is 20.3 Å². The predicted molar refractivity (Wildman–Crippen MR) is 109 cm³/mol. The van der Waals surface area contributed by atoms with Gasteiger partial charge in [-0.25, -0.2) is 4.79 Å². The molecule has 2 N–H and O–H groups in total. The number of nitrogens with one attached hydrogen (secondary N) is 2. The van der Waals surface area contributed by atoms with Crippen molar-refractivity contribution in [1.29, 1.82) is 0 Å². The molecule has 2 aromatic heterocycles. The van der Waals surface area contributed by atoms with Gasteiger partial charge in [0.1, 0.15) is 5.00 Å². The zero-order chi connectivity index (χ0) is 20.1. The Morgan fingerprint density at radius 3 is 2.67 bits per heavy atom. The molecule has 0 aliphatic carbocycles. The summed E-state index contributed by atoms with van der Waals surface area (Å²) in [4.78, 5) is 26.5. The number of hydrogen-bond acceptors (Lipinski definition) is 6. The van der Waals surface area contributed by atoms with Gasteiger partial charge in [0, 0.05) is 38.9 Å². The van der Waals surface area contributed by atoms with E-state index >= 15 is 0 Å². The van der Waals surface area contributed by atoms with Crippen LogP contribution in [-0.4, -0.2) is 52.9 Å². The molecule has 146 valence electrons. The Labute approximate surface area is 167 Å². The fourth-order valence-electron chi connectivity index (χ4n) is 2.36. The first-order valence-electron chi connectivity index (χ1n) is 8.28. The molecule has 0 radical (unpaired) electrons. The highest BCUT2D eigenvalue weighted by atomic mass is 32.1. The summed E-state index contributed by atoms with van der Waals surface area (Å²) in [5.41, 5.74) is 1.87. The summed E-state index contributed by atoms with van der Waals surface area (Å²) < 4.78 is 6.69. The van der Waals surface area contributed by atoms with Crippen molar-refractivity contribution < 1.29 is 14.3 Å². The van der Waals surface area contributed by atoms with Crippen LogP contribution in [0.5, 0.6) is 0 Å². The molecule has 0 fully saturated rings. The molecule has 10 heteroatoms.